The number of hydrogen-bond donors (Lipinski definition) is 4. The molecule has 21 heavy (non-hydrogen) atoms. The monoisotopic (exact) mass is 314 g/mol. The predicted octanol–water partition coefficient (Wildman–Crippen LogP) is 1.11. The van der Waals surface area contributed by atoms with Gasteiger partial charge in [-0.2, -0.15) is 0 Å². The van der Waals surface area contributed by atoms with Crippen molar-refractivity contribution in [1.82, 2.24) is 10.6 Å². The summed E-state index contributed by atoms with van der Waals surface area (Å²) in [5.74, 6) is -2.70. The standard InChI is InChI=1S/C13H15ClN2O5/c14-9-3-1-8(2-4-9)5-6-15-13(21)16-10(12(19)20)7-11(17)18/h1-4,10H,5-7H2,(H,17,18)(H,19,20)(H2,15,16,21)/t10-/m1/s1. The Bertz CT molecular complexity index is 518. The number of carbonyl (C=O) groups excluding carboxylic acids is 1. The highest BCUT2D eigenvalue weighted by atomic mass is 35.5. The minimum absolute atomic E-state index is 0.285. The molecule has 0 aromatic heterocycles. The molecule has 8 heteroatoms. The molecule has 0 unspecified atom stereocenters. The first-order chi connectivity index (χ1) is 9.88. The van der Waals surface area contributed by atoms with E-state index in [1.165, 1.54) is 0 Å². The molecule has 0 fully saturated rings. The number of hydrogen-bond acceptors (Lipinski definition) is 3. The minimum Gasteiger partial charge on any atom is -0.481 e. The maximum atomic E-state index is 11.5. The molecule has 1 rings (SSSR count). The van der Waals surface area contributed by atoms with E-state index in [4.69, 9.17) is 21.8 Å². The van der Waals surface area contributed by atoms with Gasteiger partial charge in [0.15, 0.2) is 0 Å². The predicted molar refractivity (Wildman–Crippen MR) is 75.4 cm³/mol. The fourth-order valence-corrected chi connectivity index (χ4v) is 1.68. The third-order valence-electron chi connectivity index (χ3n) is 2.59. The molecule has 0 heterocycles. The second-order valence-electron chi connectivity index (χ2n) is 4.27. The van der Waals surface area contributed by atoms with Gasteiger partial charge in [0.25, 0.3) is 0 Å². The summed E-state index contributed by atoms with van der Waals surface area (Å²) in [6, 6.07) is 4.89. The van der Waals surface area contributed by atoms with Crippen LogP contribution >= 0.6 is 11.6 Å². The maximum absolute atomic E-state index is 11.5. The van der Waals surface area contributed by atoms with Gasteiger partial charge in [0.05, 0.1) is 6.42 Å². The van der Waals surface area contributed by atoms with Crippen LogP contribution in [0.2, 0.25) is 5.02 Å². The number of amides is 2. The number of benzene rings is 1. The van der Waals surface area contributed by atoms with Gasteiger partial charge in [0, 0.05) is 11.6 Å². The van der Waals surface area contributed by atoms with Crippen LogP contribution in [0.25, 0.3) is 0 Å². The Balaban J connectivity index is 2.37. The van der Waals surface area contributed by atoms with Crippen LogP contribution in [-0.4, -0.2) is 40.8 Å². The van der Waals surface area contributed by atoms with Crippen LogP contribution in [0.5, 0.6) is 0 Å². The molecule has 0 bridgehead atoms. The first kappa shape index (κ1) is 16.8. The van der Waals surface area contributed by atoms with E-state index in [-0.39, 0.29) is 6.54 Å². The van der Waals surface area contributed by atoms with Crippen molar-refractivity contribution in [3.8, 4) is 0 Å². The fraction of sp³-hybridized carbons (Fsp3) is 0.308. The second-order valence-corrected chi connectivity index (χ2v) is 4.70. The van der Waals surface area contributed by atoms with Crippen LogP contribution in [0.15, 0.2) is 24.3 Å². The lowest BCUT2D eigenvalue weighted by atomic mass is 10.1. The van der Waals surface area contributed by atoms with Crippen molar-refractivity contribution in [2.45, 2.75) is 18.9 Å². The lowest BCUT2D eigenvalue weighted by molar-refractivity contribution is -0.145. The Labute approximate surface area is 125 Å². The van der Waals surface area contributed by atoms with Gasteiger partial charge in [-0.25, -0.2) is 9.59 Å². The summed E-state index contributed by atoms with van der Waals surface area (Å²) >= 11 is 5.74. The Hall–Kier alpha value is -2.28. The smallest absolute Gasteiger partial charge is 0.326 e. The van der Waals surface area contributed by atoms with E-state index in [9.17, 15) is 14.4 Å². The van der Waals surface area contributed by atoms with Crippen molar-refractivity contribution in [1.29, 1.82) is 0 Å². The average molecular weight is 315 g/mol. The quantitative estimate of drug-likeness (QED) is 0.601. The Morgan fingerprint density at radius 3 is 2.29 bits per heavy atom. The van der Waals surface area contributed by atoms with Gasteiger partial charge in [-0.3, -0.25) is 4.79 Å². The first-order valence-corrected chi connectivity index (χ1v) is 6.49. The summed E-state index contributed by atoms with van der Waals surface area (Å²) in [4.78, 5) is 32.7. The van der Waals surface area contributed by atoms with E-state index in [2.05, 4.69) is 10.6 Å². The number of rotatable bonds is 7. The van der Waals surface area contributed by atoms with Gasteiger partial charge >= 0.3 is 18.0 Å². The van der Waals surface area contributed by atoms with Gasteiger partial charge < -0.3 is 20.8 Å². The van der Waals surface area contributed by atoms with Gasteiger partial charge in [-0.1, -0.05) is 23.7 Å². The van der Waals surface area contributed by atoms with E-state index in [1.54, 1.807) is 12.1 Å². The fourth-order valence-electron chi connectivity index (χ4n) is 1.56. The molecule has 1 aromatic carbocycles. The normalized spacial score (nSPS) is 11.5. The molecule has 0 saturated heterocycles. The third kappa shape index (κ3) is 6.62. The largest absolute Gasteiger partial charge is 0.481 e. The topological polar surface area (TPSA) is 116 Å². The Morgan fingerprint density at radius 1 is 1.14 bits per heavy atom. The molecule has 0 aliphatic heterocycles. The molecule has 0 aliphatic rings. The van der Waals surface area contributed by atoms with Crippen LogP contribution in [0, 0.1) is 0 Å². The van der Waals surface area contributed by atoms with Crippen LogP contribution in [0.4, 0.5) is 4.79 Å². The molecule has 0 radical (unpaired) electrons. The van der Waals surface area contributed by atoms with Crippen LogP contribution < -0.4 is 10.6 Å². The van der Waals surface area contributed by atoms with E-state index in [1.807, 2.05) is 12.1 Å². The molecule has 7 nitrogen and oxygen atoms in total. The van der Waals surface area contributed by atoms with Crippen LogP contribution in [0.1, 0.15) is 12.0 Å². The highest BCUT2D eigenvalue weighted by molar-refractivity contribution is 6.30. The van der Waals surface area contributed by atoms with Crippen LogP contribution in [0.3, 0.4) is 0 Å². The first-order valence-electron chi connectivity index (χ1n) is 6.12. The molecular formula is C13H15ClN2O5. The van der Waals surface area contributed by atoms with E-state index < -0.39 is 30.4 Å². The third-order valence-corrected chi connectivity index (χ3v) is 2.85. The molecule has 1 atom stereocenters. The van der Waals surface area contributed by atoms with Gasteiger partial charge in [0.2, 0.25) is 0 Å². The van der Waals surface area contributed by atoms with Crippen molar-refractivity contribution in [2.24, 2.45) is 0 Å². The van der Waals surface area contributed by atoms with Gasteiger partial charge in [-0.15, -0.1) is 0 Å². The van der Waals surface area contributed by atoms with E-state index >= 15 is 0 Å². The average Bonchev–Trinajstić information content (AvgIpc) is 2.39. The summed E-state index contributed by atoms with van der Waals surface area (Å²) in [5.41, 5.74) is 0.958. The van der Waals surface area contributed by atoms with Gasteiger partial charge in [0.1, 0.15) is 6.04 Å². The molecule has 0 aliphatic carbocycles. The van der Waals surface area contributed by atoms with Crippen molar-refractivity contribution < 1.29 is 24.6 Å². The molecule has 114 valence electrons. The number of urea groups is 1. The van der Waals surface area contributed by atoms with Crippen molar-refractivity contribution in [3.63, 3.8) is 0 Å². The lowest BCUT2D eigenvalue weighted by Gasteiger charge is -2.13. The summed E-state index contributed by atoms with van der Waals surface area (Å²) in [7, 11) is 0. The summed E-state index contributed by atoms with van der Waals surface area (Å²) in [6.45, 7) is 0.285. The summed E-state index contributed by atoms with van der Waals surface area (Å²) < 4.78 is 0. The van der Waals surface area contributed by atoms with E-state index in [0.717, 1.165) is 5.56 Å². The summed E-state index contributed by atoms with van der Waals surface area (Å²) in [5, 5.41) is 22.5. The number of carboxylic acid groups (broad SMARTS) is 2. The highest BCUT2D eigenvalue weighted by Crippen LogP contribution is 2.09. The SMILES string of the molecule is O=C(O)C[C@@H](NC(=O)NCCc1ccc(Cl)cc1)C(=O)O. The molecule has 0 saturated carbocycles. The molecule has 2 amide bonds. The van der Waals surface area contributed by atoms with Crippen molar-refractivity contribution in [2.75, 3.05) is 6.54 Å². The highest BCUT2D eigenvalue weighted by Gasteiger charge is 2.22. The lowest BCUT2D eigenvalue weighted by Crippen LogP contribution is -2.47. The Kier molecular flexibility index (Phi) is 6.48. The van der Waals surface area contributed by atoms with Crippen molar-refractivity contribution >= 4 is 29.6 Å². The molecule has 1 aromatic rings. The van der Waals surface area contributed by atoms with Crippen molar-refractivity contribution in [3.05, 3.63) is 34.9 Å². The minimum atomic E-state index is -1.46. The number of carbonyl (C=O) groups is 3. The summed E-state index contributed by atoms with van der Waals surface area (Å²) in [6.07, 6.45) is -0.138. The van der Waals surface area contributed by atoms with Gasteiger partial charge in [-0.05, 0) is 24.1 Å². The number of nitrogens with one attached hydrogen (secondary N) is 2. The Morgan fingerprint density at radius 2 is 1.76 bits per heavy atom. The zero-order valence-corrected chi connectivity index (χ0v) is 11.8. The zero-order chi connectivity index (χ0) is 15.8. The zero-order valence-electron chi connectivity index (χ0n) is 11.0. The number of aliphatic carboxylic acids is 2. The number of carboxylic acids is 2. The molecule has 4 N–H and O–H groups in total. The second kappa shape index (κ2) is 8.11. The molecule has 0 spiro atoms. The number of halogens is 1. The molecular weight excluding hydrogens is 300 g/mol. The van der Waals surface area contributed by atoms with Crippen LogP contribution in [-0.2, 0) is 16.0 Å². The van der Waals surface area contributed by atoms with E-state index in [0.29, 0.717) is 11.4 Å². The maximum Gasteiger partial charge on any atom is 0.326 e.